The minimum absolute atomic E-state index is 0.0173. The zero-order valence-electron chi connectivity index (χ0n) is 23.6. The van der Waals surface area contributed by atoms with E-state index in [2.05, 4.69) is 12.2 Å². The highest BCUT2D eigenvalue weighted by Gasteiger charge is 2.59. The summed E-state index contributed by atoms with van der Waals surface area (Å²) in [6.45, 7) is 0. The first-order chi connectivity index (χ1) is 20.2. The molecule has 1 heterocycles. The first-order valence-corrected chi connectivity index (χ1v) is 16.1. The Labute approximate surface area is 246 Å². The van der Waals surface area contributed by atoms with Gasteiger partial charge in [-0.05, 0) is 65.6 Å². The maximum atomic E-state index is 13.4. The normalized spacial score (nSPS) is 22.8. The maximum Gasteiger partial charge on any atom is 0.238 e. The third-order valence-corrected chi connectivity index (χ3v) is 11.0. The lowest BCUT2D eigenvalue weighted by Gasteiger charge is -2.17. The first kappa shape index (κ1) is 26.7. The zero-order chi connectivity index (χ0) is 29.2. The van der Waals surface area contributed by atoms with E-state index in [1.165, 1.54) is 4.90 Å². The minimum atomic E-state index is -3.50. The second kappa shape index (κ2) is 9.95. The summed E-state index contributed by atoms with van der Waals surface area (Å²) in [4.78, 5) is 30.0. The zero-order valence-corrected chi connectivity index (χ0v) is 24.4. The number of allylic oxidation sites excluding steroid dienone is 2. The van der Waals surface area contributed by atoms with Crippen LogP contribution < -0.4 is 9.80 Å². The van der Waals surface area contributed by atoms with Gasteiger partial charge in [0.1, 0.15) is 0 Å². The second-order valence-corrected chi connectivity index (χ2v) is 13.9. The minimum Gasteiger partial charge on any atom is -0.377 e. The fourth-order valence-corrected chi connectivity index (χ4v) is 8.63. The lowest BCUT2D eigenvalue weighted by molar-refractivity contribution is -0.123. The number of carbonyl (C=O) groups excluding carboxylic acids is 2. The molecule has 4 aromatic carbocycles. The van der Waals surface area contributed by atoms with E-state index in [4.69, 9.17) is 0 Å². The van der Waals surface area contributed by atoms with Crippen molar-refractivity contribution in [2.75, 3.05) is 29.6 Å². The molecule has 7 heteroatoms. The van der Waals surface area contributed by atoms with E-state index in [1.54, 1.807) is 6.07 Å². The predicted molar refractivity (Wildman–Crippen MR) is 166 cm³/mol. The summed E-state index contributed by atoms with van der Waals surface area (Å²) in [5.41, 5.74) is 4.49. The van der Waals surface area contributed by atoms with Gasteiger partial charge in [-0.2, -0.15) is 0 Å². The molecule has 1 saturated carbocycles. The number of imide groups is 1. The number of nitrogens with zero attached hydrogens (tertiary/aromatic N) is 2. The Morgan fingerprint density at radius 2 is 1.31 bits per heavy atom. The lowest BCUT2D eigenvalue weighted by atomic mass is 9.85. The van der Waals surface area contributed by atoms with Crippen LogP contribution in [-0.4, -0.2) is 40.1 Å². The van der Waals surface area contributed by atoms with Crippen molar-refractivity contribution in [1.29, 1.82) is 0 Å². The largest absolute Gasteiger partial charge is 0.377 e. The van der Waals surface area contributed by atoms with Gasteiger partial charge in [-0.15, -0.1) is 0 Å². The van der Waals surface area contributed by atoms with Crippen molar-refractivity contribution in [1.82, 2.24) is 0 Å². The SMILES string of the molecule is CN(C)c1cccc2c(S(=O)(=O)CCc3ccc(-c4ccc(N5C(=O)C6C7C=CC(C7)C6C5=O)cc4)cc3)cccc12. The fourth-order valence-electron chi connectivity index (χ4n) is 7.11. The van der Waals surface area contributed by atoms with E-state index in [0.29, 0.717) is 17.0 Å². The van der Waals surface area contributed by atoms with Gasteiger partial charge in [0.05, 0.1) is 28.2 Å². The summed E-state index contributed by atoms with van der Waals surface area (Å²) in [5, 5.41) is 1.66. The van der Waals surface area contributed by atoms with Crippen LogP contribution in [0.4, 0.5) is 11.4 Å². The molecule has 6 nitrogen and oxygen atoms in total. The number of amides is 2. The molecule has 1 aliphatic heterocycles. The molecule has 4 atom stereocenters. The van der Waals surface area contributed by atoms with Crippen molar-refractivity contribution in [2.24, 2.45) is 23.7 Å². The van der Waals surface area contributed by atoms with Crippen molar-refractivity contribution in [2.45, 2.75) is 17.7 Å². The molecule has 0 spiro atoms. The van der Waals surface area contributed by atoms with Gasteiger partial charge >= 0.3 is 0 Å². The Hall–Kier alpha value is -4.23. The number of hydrogen-bond donors (Lipinski definition) is 0. The molecule has 2 amide bonds. The molecule has 2 fully saturated rings. The molecule has 0 aromatic heterocycles. The Morgan fingerprint density at radius 3 is 1.93 bits per heavy atom. The maximum absolute atomic E-state index is 13.4. The second-order valence-electron chi connectivity index (χ2n) is 11.8. The number of benzene rings is 4. The Kier molecular flexibility index (Phi) is 6.31. The third-order valence-electron chi connectivity index (χ3n) is 9.22. The number of hydrogen-bond acceptors (Lipinski definition) is 5. The number of fused-ring (bicyclic) bond motifs is 6. The standard InChI is InChI=1S/C35H32N2O4S/c1-36(2)30-7-3-6-29-28(30)5-4-8-31(29)42(40,41)20-19-22-9-11-23(12-10-22)24-15-17-27(18-16-24)37-34(38)32-25-13-14-26(21-25)33(32)35(37)39/h3-18,25-26,32-33H,19-21H2,1-2H3. The van der Waals surface area contributed by atoms with Crippen LogP contribution in [0.25, 0.3) is 21.9 Å². The molecular weight excluding hydrogens is 544 g/mol. The van der Waals surface area contributed by atoms with Gasteiger partial charge in [0.15, 0.2) is 9.84 Å². The molecule has 7 rings (SSSR count). The highest BCUT2D eigenvalue weighted by molar-refractivity contribution is 7.91. The van der Waals surface area contributed by atoms with Gasteiger partial charge in [0.25, 0.3) is 0 Å². The van der Waals surface area contributed by atoms with Crippen LogP contribution in [0.3, 0.4) is 0 Å². The topological polar surface area (TPSA) is 74.8 Å². The molecule has 0 N–H and O–H groups in total. The number of anilines is 2. The van der Waals surface area contributed by atoms with E-state index < -0.39 is 9.84 Å². The van der Waals surface area contributed by atoms with Crippen molar-refractivity contribution in [3.05, 3.63) is 103 Å². The van der Waals surface area contributed by atoms with E-state index >= 15 is 0 Å². The summed E-state index contributed by atoms with van der Waals surface area (Å²) in [6, 6.07) is 26.7. The Bertz CT molecular complexity index is 1830. The average molecular weight is 577 g/mol. The number of carbonyl (C=O) groups is 2. The summed E-state index contributed by atoms with van der Waals surface area (Å²) < 4.78 is 26.8. The number of rotatable bonds is 7. The average Bonchev–Trinajstić information content (AvgIpc) is 3.69. The van der Waals surface area contributed by atoms with Crippen LogP contribution in [0.1, 0.15) is 12.0 Å². The van der Waals surface area contributed by atoms with Gasteiger partial charge in [-0.25, -0.2) is 8.42 Å². The quantitative estimate of drug-likeness (QED) is 0.202. The molecule has 4 unspecified atom stereocenters. The smallest absolute Gasteiger partial charge is 0.238 e. The summed E-state index contributed by atoms with van der Waals surface area (Å²) in [5.74, 6) is -0.163. The van der Waals surface area contributed by atoms with Gasteiger partial charge in [-0.1, -0.05) is 72.8 Å². The predicted octanol–water partition coefficient (Wildman–Crippen LogP) is 5.90. The van der Waals surface area contributed by atoms with Crippen molar-refractivity contribution in [3.8, 4) is 11.1 Å². The molecule has 4 aromatic rings. The van der Waals surface area contributed by atoms with Crippen molar-refractivity contribution in [3.63, 3.8) is 0 Å². The van der Waals surface area contributed by atoms with Crippen LogP contribution in [0.15, 0.2) is 102 Å². The molecule has 3 aliphatic rings. The summed E-state index contributed by atoms with van der Waals surface area (Å²) in [7, 11) is 0.403. The Morgan fingerprint density at radius 1 is 0.738 bits per heavy atom. The van der Waals surface area contributed by atoms with Crippen LogP contribution in [-0.2, 0) is 25.8 Å². The lowest BCUT2D eigenvalue weighted by Crippen LogP contribution is -2.32. The highest BCUT2D eigenvalue weighted by Crippen LogP contribution is 2.53. The van der Waals surface area contributed by atoms with Gasteiger partial charge in [-0.3, -0.25) is 14.5 Å². The number of sulfone groups is 1. The van der Waals surface area contributed by atoms with Crippen LogP contribution in [0.5, 0.6) is 0 Å². The van der Waals surface area contributed by atoms with Crippen molar-refractivity contribution < 1.29 is 18.0 Å². The summed E-state index contributed by atoms with van der Waals surface area (Å²) in [6.07, 6.45) is 5.53. The van der Waals surface area contributed by atoms with Gasteiger partial charge in [0, 0.05) is 30.6 Å². The van der Waals surface area contributed by atoms with Gasteiger partial charge < -0.3 is 4.90 Å². The Balaban J connectivity index is 1.05. The summed E-state index contributed by atoms with van der Waals surface area (Å²) >= 11 is 0. The molecule has 2 aliphatic carbocycles. The molecule has 2 bridgehead atoms. The first-order valence-electron chi connectivity index (χ1n) is 14.4. The molecule has 0 radical (unpaired) electrons. The van der Waals surface area contributed by atoms with E-state index in [-0.39, 0.29) is 41.2 Å². The van der Waals surface area contributed by atoms with E-state index in [9.17, 15) is 18.0 Å². The monoisotopic (exact) mass is 576 g/mol. The fraction of sp³-hybridized carbons (Fsp3) is 0.257. The third kappa shape index (κ3) is 4.26. The van der Waals surface area contributed by atoms with Crippen LogP contribution >= 0.6 is 0 Å². The molecule has 42 heavy (non-hydrogen) atoms. The number of aryl methyl sites for hydroxylation is 1. The molecule has 1 saturated heterocycles. The van der Waals surface area contributed by atoms with E-state index in [1.807, 2.05) is 97.9 Å². The van der Waals surface area contributed by atoms with Crippen molar-refractivity contribution >= 4 is 43.8 Å². The molecular formula is C35H32N2O4S. The van der Waals surface area contributed by atoms with Gasteiger partial charge in [0.2, 0.25) is 11.8 Å². The highest BCUT2D eigenvalue weighted by atomic mass is 32.2. The van der Waals surface area contributed by atoms with Crippen LogP contribution in [0, 0.1) is 23.7 Å². The van der Waals surface area contributed by atoms with E-state index in [0.717, 1.165) is 39.6 Å². The molecule has 212 valence electrons. The van der Waals surface area contributed by atoms with Crippen LogP contribution in [0.2, 0.25) is 0 Å².